The number of aromatic nitrogens is 1. The SMILES string of the molecule is CC(=O)C(=O)OC(=O)c1ccccn1. The highest BCUT2D eigenvalue weighted by Gasteiger charge is 2.16. The fourth-order valence-electron chi connectivity index (χ4n) is 0.692. The number of hydrogen-bond acceptors (Lipinski definition) is 5. The average molecular weight is 193 g/mol. The second kappa shape index (κ2) is 4.27. The van der Waals surface area contributed by atoms with Crippen LogP contribution < -0.4 is 0 Å². The normalized spacial score (nSPS) is 9.21. The number of pyridine rings is 1. The van der Waals surface area contributed by atoms with Gasteiger partial charge in [0, 0.05) is 13.1 Å². The predicted molar refractivity (Wildman–Crippen MR) is 45.3 cm³/mol. The van der Waals surface area contributed by atoms with Crippen molar-refractivity contribution < 1.29 is 19.1 Å². The van der Waals surface area contributed by atoms with Gasteiger partial charge >= 0.3 is 11.9 Å². The Balaban J connectivity index is 2.69. The predicted octanol–water partition coefficient (Wildman–Crippen LogP) is 0.354. The molecule has 0 amide bonds. The highest BCUT2D eigenvalue weighted by molar-refractivity contribution is 6.34. The second-order valence-electron chi connectivity index (χ2n) is 2.45. The summed E-state index contributed by atoms with van der Waals surface area (Å²) in [7, 11) is 0. The number of Topliss-reactive ketones (excluding diaryl/α,β-unsaturated/α-hetero) is 1. The highest BCUT2D eigenvalue weighted by Crippen LogP contribution is 1.97. The van der Waals surface area contributed by atoms with E-state index in [1.165, 1.54) is 12.3 Å². The monoisotopic (exact) mass is 193 g/mol. The lowest BCUT2D eigenvalue weighted by Gasteiger charge is -1.98. The van der Waals surface area contributed by atoms with Gasteiger partial charge < -0.3 is 4.74 Å². The topological polar surface area (TPSA) is 73.3 Å². The Hall–Kier alpha value is -2.04. The molecule has 0 aliphatic heterocycles. The quantitative estimate of drug-likeness (QED) is 0.385. The molecule has 0 saturated heterocycles. The number of rotatable bonds is 2. The largest absolute Gasteiger partial charge is 0.382 e. The van der Waals surface area contributed by atoms with Crippen molar-refractivity contribution in [3.05, 3.63) is 30.1 Å². The van der Waals surface area contributed by atoms with Crippen molar-refractivity contribution in [1.29, 1.82) is 0 Å². The molecule has 0 saturated carbocycles. The fraction of sp³-hybridized carbons (Fsp3) is 0.111. The minimum absolute atomic E-state index is 0.0119. The zero-order chi connectivity index (χ0) is 10.6. The standard InChI is InChI=1S/C9H7NO4/c1-6(11)8(12)14-9(13)7-4-2-3-5-10-7/h2-5H,1H3. The Morgan fingerprint density at radius 1 is 1.29 bits per heavy atom. The Kier molecular flexibility index (Phi) is 3.06. The molecule has 5 nitrogen and oxygen atoms in total. The summed E-state index contributed by atoms with van der Waals surface area (Å²) in [6.07, 6.45) is 1.38. The first-order valence-corrected chi connectivity index (χ1v) is 3.79. The zero-order valence-electron chi connectivity index (χ0n) is 7.39. The Labute approximate surface area is 79.7 Å². The van der Waals surface area contributed by atoms with E-state index in [9.17, 15) is 14.4 Å². The van der Waals surface area contributed by atoms with Crippen LogP contribution in [0.3, 0.4) is 0 Å². The number of hydrogen-bond donors (Lipinski definition) is 0. The molecule has 72 valence electrons. The van der Waals surface area contributed by atoms with Gasteiger partial charge in [0.05, 0.1) is 0 Å². The lowest BCUT2D eigenvalue weighted by atomic mass is 10.3. The lowest BCUT2D eigenvalue weighted by Crippen LogP contribution is -2.19. The summed E-state index contributed by atoms with van der Waals surface area (Å²) < 4.78 is 4.21. The van der Waals surface area contributed by atoms with Crippen molar-refractivity contribution >= 4 is 17.7 Å². The van der Waals surface area contributed by atoms with Crippen LogP contribution in [-0.2, 0) is 14.3 Å². The summed E-state index contributed by atoms with van der Waals surface area (Å²) >= 11 is 0. The van der Waals surface area contributed by atoms with E-state index >= 15 is 0 Å². The minimum atomic E-state index is -1.18. The van der Waals surface area contributed by atoms with Gasteiger partial charge in [-0.3, -0.25) is 4.79 Å². The fourth-order valence-corrected chi connectivity index (χ4v) is 0.692. The van der Waals surface area contributed by atoms with E-state index in [0.717, 1.165) is 6.92 Å². The Bertz CT molecular complexity index is 372. The minimum Gasteiger partial charge on any atom is -0.382 e. The molecule has 0 aromatic carbocycles. The van der Waals surface area contributed by atoms with E-state index in [4.69, 9.17) is 0 Å². The van der Waals surface area contributed by atoms with Crippen LogP contribution in [-0.4, -0.2) is 22.7 Å². The average Bonchev–Trinajstić information content (AvgIpc) is 2.19. The molecule has 5 heteroatoms. The number of carbonyl (C=O) groups is 3. The molecular weight excluding hydrogens is 186 g/mol. The molecule has 0 aliphatic rings. The van der Waals surface area contributed by atoms with Crippen molar-refractivity contribution in [2.24, 2.45) is 0 Å². The van der Waals surface area contributed by atoms with Crippen molar-refractivity contribution in [3.63, 3.8) is 0 Å². The van der Waals surface area contributed by atoms with Crippen LogP contribution in [0.2, 0.25) is 0 Å². The van der Waals surface area contributed by atoms with Crippen LogP contribution in [0.1, 0.15) is 17.4 Å². The van der Waals surface area contributed by atoms with Crippen molar-refractivity contribution in [2.45, 2.75) is 6.92 Å². The van der Waals surface area contributed by atoms with Crippen molar-refractivity contribution in [2.75, 3.05) is 0 Å². The number of carbonyl (C=O) groups excluding carboxylic acids is 3. The molecular formula is C9H7NO4. The van der Waals surface area contributed by atoms with Crippen LogP contribution in [0, 0.1) is 0 Å². The third kappa shape index (κ3) is 2.48. The lowest BCUT2D eigenvalue weighted by molar-refractivity contribution is -0.148. The molecule has 1 rings (SSSR count). The maximum absolute atomic E-state index is 11.1. The van der Waals surface area contributed by atoms with Crippen LogP contribution in [0.4, 0.5) is 0 Å². The first kappa shape index (κ1) is 10.0. The van der Waals surface area contributed by atoms with Gasteiger partial charge in [-0.25, -0.2) is 14.6 Å². The third-order valence-electron chi connectivity index (χ3n) is 1.35. The third-order valence-corrected chi connectivity index (χ3v) is 1.35. The van der Waals surface area contributed by atoms with Gasteiger partial charge in [-0.1, -0.05) is 6.07 Å². The van der Waals surface area contributed by atoms with Crippen LogP contribution in [0.15, 0.2) is 24.4 Å². The maximum Gasteiger partial charge on any atom is 0.382 e. The summed E-state index contributed by atoms with van der Waals surface area (Å²) in [5.41, 5.74) is -0.0119. The summed E-state index contributed by atoms with van der Waals surface area (Å²) in [5.74, 6) is -2.93. The van der Waals surface area contributed by atoms with Gasteiger partial charge in [-0.15, -0.1) is 0 Å². The molecule has 0 bridgehead atoms. The van der Waals surface area contributed by atoms with Crippen molar-refractivity contribution in [3.8, 4) is 0 Å². The Morgan fingerprint density at radius 3 is 2.50 bits per heavy atom. The molecule has 0 atom stereocenters. The molecule has 1 heterocycles. The zero-order valence-corrected chi connectivity index (χ0v) is 7.39. The van der Waals surface area contributed by atoms with E-state index in [1.807, 2.05) is 0 Å². The molecule has 1 aromatic rings. The van der Waals surface area contributed by atoms with E-state index < -0.39 is 17.7 Å². The summed E-state index contributed by atoms with van der Waals surface area (Å²) in [6.45, 7) is 1.02. The van der Waals surface area contributed by atoms with Crippen molar-refractivity contribution in [1.82, 2.24) is 4.98 Å². The van der Waals surface area contributed by atoms with E-state index in [-0.39, 0.29) is 5.69 Å². The summed E-state index contributed by atoms with van der Waals surface area (Å²) in [5, 5.41) is 0. The first-order chi connectivity index (χ1) is 6.61. The molecule has 0 fully saturated rings. The molecule has 14 heavy (non-hydrogen) atoms. The van der Waals surface area contributed by atoms with E-state index in [2.05, 4.69) is 9.72 Å². The number of ether oxygens (including phenoxy) is 1. The van der Waals surface area contributed by atoms with Crippen LogP contribution in [0.5, 0.6) is 0 Å². The van der Waals surface area contributed by atoms with Gasteiger partial charge in [0.1, 0.15) is 5.69 Å². The molecule has 0 radical (unpaired) electrons. The highest BCUT2D eigenvalue weighted by atomic mass is 16.6. The molecule has 0 spiro atoms. The smallest absolute Gasteiger partial charge is 0.382 e. The van der Waals surface area contributed by atoms with Crippen LogP contribution >= 0.6 is 0 Å². The summed E-state index contributed by atoms with van der Waals surface area (Å²) in [4.78, 5) is 35.9. The molecule has 1 aromatic heterocycles. The van der Waals surface area contributed by atoms with E-state index in [1.54, 1.807) is 12.1 Å². The number of nitrogens with zero attached hydrogens (tertiary/aromatic N) is 1. The Morgan fingerprint density at radius 2 is 2.00 bits per heavy atom. The van der Waals surface area contributed by atoms with Gasteiger partial charge in [-0.05, 0) is 12.1 Å². The molecule has 0 unspecified atom stereocenters. The van der Waals surface area contributed by atoms with Crippen LogP contribution in [0.25, 0.3) is 0 Å². The van der Waals surface area contributed by atoms with E-state index in [0.29, 0.717) is 0 Å². The second-order valence-corrected chi connectivity index (χ2v) is 2.45. The molecule has 0 aliphatic carbocycles. The maximum atomic E-state index is 11.1. The molecule has 0 N–H and O–H groups in total. The summed E-state index contributed by atoms with van der Waals surface area (Å²) in [6, 6.07) is 4.57. The van der Waals surface area contributed by atoms with Gasteiger partial charge in [0.2, 0.25) is 5.78 Å². The van der Waals surface area contributed by atoms with Gasteiger partial charge in [-0.2, -0.15) is 0 Å². The first-order valence-electron chi connectivity index (χ1n) is 3.79. The van der Waals surface area contributed by atoms with Gasteiger partial charge in [0.15, 0.2) is 0 Å². The van der Waals surface area contributed by atoms with Gasteiger partial charge in [0.25, 0.3) is 0 Å². The number of esters is 2. The number of ketones is 1.